The Labute approximate surface area is 318 Å². The summed E-state index contributed by atoms with van der Waals surface area (Å²) in [5.41, 5.74) is 0. The van der Waals surface area contributed by atoms with Gasteiger partial charge in [0, 0.05) is 6.42 Å². The number of hydrogen-bond acceptors (Lipinski definition) is 8. The van der Waals surface area contributed by atoms with Crippen LogP contribution in [0.4, 0.5) is 0 Å². The van der Waals surface area contributed by atoms with Crippen molar-refractivity contribution >= 4 is 5.91 Å². The monoisotopic (exact) mass is 740 g/mol. The lowest BCUT2D eigenvalue weighted by Gasteiger charge is -2.40. The van der Waals surface area contributed by atoms with Crippen molar-refractivity contribution in [2.45, 2.75) is 230 Å². The van der Waals surface area contributed by atoms with Crippen LogP contribution in [-0.2, 0) is 14.3 Å². The predicted molar refractivity (Wildman–Crippen MR) is 212 cm³/mol. The van der Waals surface area contributed by atoms with Gasteiger partial charge in [0.25, 0.3) is 0 Å². The van der Waals surface area contributed by atoms with Gasteiger partial charge >= 0.3 is 0 Å². The lowest BCUT2D eigenvalue weighted by molar-refractivity contribution is -0.302. The first-order valence-electron chi connectivity index (χ1n) is 21.5. The zero-order valence-corrected chi connectivity index (χ0v) is 33.3. The molecular weight excluding hydrogens is 658 g/mol. The number of hydrogen-bond donors (Lipinski definition) is 6. The molecule has 0 radical (unpaired) electrons. The molecule has 1 amide bonds. The molecule has 1 aliphatic rings. The van der Waals surface area contributed by atoms with Crippen molar-refractivity contribution in [1.82, 2.24) is 5.32 Å². The van der Waals surface area contributed by atoms with Gasteiger partial charge < -0.3 is 40.3 Å². The largest absolute Gasteiger partial charge is 0.394 e. The number of amides is 1. The Morgan fingerprint density at radius 1 is 0.654 bits per heavy atom. The molecular formula is C43H81NO8. The summed E-state index contributed by atoms with van der Waals surface area (Å²) >= 11 is 0. The highest BCUT2D eigenvalue weighted by Gasteiger charge is 2.44. The van der Waals surface area contributed by atoms with Gasteiger partial charge in [0.2, 0.25) is 5.91 Å². The summed E-state index contributed by atoms with van der Waals surface area (Å²) < 4.78 is 11.2. The van der Waals surface area contributed by atoms with Crippen LogP contribution in [0.2, 0.25) is 0 Å². The first-order valence-corrected chi connectivity index (χ1v) is 21.5. The van der Waals surface area contributed by atoms with Crippen molar-refractivity contribution in [1.29, 1.82) is 0 Å². The molecule has 306 valence electrons. The van der Waals surface area contributed by atoms with Crippen LogP contribution < -0.4 is 5.32 Å². The molecule has 0 aromatic carbocycles. The predicted octanol–water partition coefficient (Wildman–Crippen LogP) is 8.33. The molecule has 0 spiro atoms. The molecule has 1 rings (SSSR count). The maximum atomic E-state index is 12.9. The average Bonchev–Trinajstić information content (AvgIpc) is 3.14. The summed E-state index contributed by atoms with van der Waals surface area (Å²) in [6.07, 6.45) is 31.7. The van der Waals surface area contributed by atoms with E-state index >= 15 is 0 Å². The first kappa shape index (κ1) is 48.7. The van der Waals surface area contributed by atoms with Crippen molar-refractivity contribution in [2.24, 2.45) is 0 Å². The number of ether oxygens (including phenoxy) is 2. The van der Waals surface area contributed by atoms with Gasteiger partial charge in [0.15, 0.2) is 6.29 Å². The molecule has 7 atom stereocenters. The van der Waals surface area contributed by atoms with Gasteiger partial charge in [-0.1, -0.05) is 160 Å². The van der Waals surface area contributed by atoms with Crippen LogP contribution in [0.1, 0.15) is 187 Å². The van der Waals surface area contributed by atoms with Crippen molar-refractivity contribution < 1.29 is 39.8 Å². The normalized spacial score (nSPS) is 22.0. The molecule has 7 unspecified atom stereocenters. The summed E-state index contributed by atoms with van der Waals surface area (Å²) in [6, 6.07) is -0.722. The summed E-state index contributed by atoms with van der Waals surface area (Å²) in [6.45, 7) is 3.79. The van der Waals surface area contributed by atoms with E-state index in [4.69, 9.17) is 9.47 Å². The van der Waals surface area contributed by atoms with Crippen LogP contribution in [0.25, 0.3) is 0 Å². The molecule has 1 aliphatic heterocycles. The van der Waals surface area contributed by atoms with Crippen molar-refractivity contribution in [2.75, 3.05) is 13.2 Å². The number of allylic oxidation sites excluding steroid dienone is 4. The summed E-state index contributed by atoms with van der Waals surface area (Å²) in [5.74, 6) is -0.159. The molecule has 0 aromatic rings. The van der Waals surface area contributed by atoms with Crippen LogP contribution in [0.3, 0.4) is 0 Å². The second-order valence-corrected chi connectivity index (χ2v) is 15.1. The third-order valence-electron chi connectivity index (χ3n) is 10.3. The molecule has 0 saturated carbocycles. The molecule has 0 aromatic heterocycles. The van der Waals surface area contributed by atoms with E-state index in [1.807, 2.05) is 0 Å². The highest BCUT2D eigenvalue weighted by atomic mass is 16.7. The fourth-order valence-electron chi connectivity index (χ4n) is 6.78. The highest BCUT2D eigenvalue weighted by molar-refractivity contribution is 5.76. The Bertz CT molecular complexity index is 868. The minimum Gasteiger partial charge on any atom is -0.394 e. The molecule has 1 saturated heterocycles. The minimum absolute atomic E-state index is 0.143. The second-order valence-electron chi connectivity index (χ2n) is 15.1. The standard InChI is InChI=1S/C43H81NO8/c1-3-5-7-9-11-13-15-17-18-19-21-23-25-27-29-31-33-39(47)44-36(35-51-43-42(50)41(49)40(48)38(34-45)52-43)37(46)32-30-28-26-24-22-20-16-14-12-10-8-6-4-2/h13,15,18-19,36-38,40-43,45-46,48-50H,3-12,14,16-17,20-35H2,1-2H3,(H,44,47)/b15-13-,19-18-. The molecule has 9 heteroatoms. The number of rotatable bonds is 35. The maximum absolute atomic E-state index is 12.9. The zero-order valence-electron chi connectivity index (χ0n) is 33.3. The van der Waals surface area contributed by atoms with E-state index in [0.29, 0.717) is 12.8 Å². The Morgan fingerprint density at radius 3 is 1.67 bits per heavy atom. The molecule has 52 heavy (non-hydrogen) atoms. The Balaban J connectivity index is 2.38. The van der Waals surface area contributed by atoms with Gasteiger partial charge in [-0.3, -0.25) is 4.79 Å². The van der Waals surface area contributed by atoms with Crippen LogP contribution >= 0.6 is 0 Å². The Kier molecular flexibility index (Phi) is 32.0. The summed E-state index contributed by atoms with van der Waals surface area (Å²) in [4.78, 5) is 12.9. The Hall–Kier alpha value is -1.33. The van der Waals surface area contributed by atoms with Gasteiger partial charge in [-0.15, -0.1) is 0 Å². The number of carbonyl (C=O) groups is 1. The van der Waals surface area contributed by atoms with Gasteiger partial charge in [-0.2, -0.15) is 0 Å². The van der Waals surface area contributed by atoms with E-state index in [0.717, 1.165) is 64.2 Å². The smallest absolute Gasteiger partial charge is 0.220 e. The molecule has 0 aliphatic carbocycles. The van der Waals surface area contributed by atoms with E-state index in [2.05, 4.69) is 43.5 Å². The third kappa shape index (κ3) is 24.9. The van der Waals surface area contributed by atoms with E-state index < -0.39 is 49.5 Å². The molecule has 9 nitrogen and oxygen atoms in total. The first-order chi connectivity index (χ1) is 25.3. The van der Waals surface area contributed by atoms with E-state index in [-0.39, 0.29) is 12.5 Å². The van der Waals surface area contributed by atoms with Gasteiger partial charge in [0.05, 0.1) is 25.4 Å². The fourth-order valence-corrected chi connectivity index (χ4v) is 6.78. The lowest BCUT2D eigenvalue weighted by Crippen LogP contribution is -2.60. The SMILES string of the molecule is CCCCCC/C=C\C/C=C\CCCCCCCC(=O)NC(COC1OC(CO)C(O)C(O)C1O)C(O)CCCCCCCCCCCCCCC. The summed E-state index contributed by atoms with van der Waals surface area (Å²) in [5, 5.41) is 54.2. The number of carbonyl (C=O) groups excluding carboxylic acids is 1. The van der Waals surface area contributed by atoms with Crippen LogP contribution in [-0.4, -0.2) is 87.5 Å². The minimum atomic E-state index is -1.55. The number of nitrogens with one attached hydrogen (secondary N) is 1. The van der Waals surface area contributed by atoms with Gasteiger partial charge in [0.1, 0.15) is 24.4 Å². The highest BCUT2D eigenvalue weighted by Crippen LogP contribution is 2.23. The number of aliphatic hydroxyl groups excluding tert-OH is 5. The van der Waals surface area contributed by atoms with Crippen LogP contribution in [0.5, 0.6) is 0 Å². The number of aliphatic hydroxyl groups is 5. The quantitative estimate of drug-likeness (QED) is 0.0281. The van der Waals surface area contributed by atoms with Gasteiger partial charge in [-0.05, 0) is 44.9 Å². The average molecular weight is 740 g/mol. The van der Waals surface area contributed by atoms with E-state index in [9.17, 15) is 30.3 Å². The third-order valence-corrected chi connectivity index (χ3v) is 10.3. The fraction of sp³-hybridized carbons (Fsp3) is 0.884. The summed E-state index contributed by atoms with van der Waals surface area (Å²) in [7, 11) is 0. The second kappa shape index (κ2) is 34.2. The van der Waals surface area contributed by atoms with Crippen molar-refractivity contribution in [3.63, 3.8) is 0 Å². The van der Waals surface area contributed by atoms with Crippen molar-refractivity contribution in [3.8, 4) is 0 Å². The van der Waals surface area contributed by atoms with Gasteiger partial charge in [-0.25, -0.2) is 0 Å². The molecule has 0 bridgehead atoms. The number of unbranched alkanes of at least 4 members (excludes halogenated alkanes) is 21. The van der Waals surface area contributed by atoms with Crippen LogP contribution in [0, 0.1) is 0 Å². The van der Waals surface area contributed by atoms with E-state index in [1.54, 1.807) is 0 Å². The van der Waals surface area contributed by atoms with Crippen molar-refractivity contribution in [3.05, 3.63) is 24.3 Å². The Morgan fingerprint density at radius 2 is 1.13 bits per heavy atom. The lowest BCUT2D eigenvalue weighted by atomic mass is 9.99. The maximum Gasteiger partial charge on any atom is 0.220 e. The topological polar surface area (TPSA) is 149 Å². The molecule has 6 N–H and O–H groups in total. The zero-order chi connectivity index (χ0) is 38.1. The van der Waals surface area contributed by atoms with E-state index in [1.165, 1.54) is 96.3 Å². The van der Waals surface area contributed by atoms with Crippen LogP contribution in [0.15, 0.2) is 24.3 Å². The molecule has 1 fully saturated rings. The molecule has 1 heterocycles.